The van der Waals surface area contributed by atoms with E-state index < -0.39 is 0 Å². The van der Waals surface area contributed by atoms with Gasteiger partial charge in [-0.05, 0) is 60.7 Å². The van der Waals surface area contributed by atoms with E-state index in [1.54, 1.807) is 23.7 Å². The monoisotopic (exact) mass is 546 g/mol. The lowest BCUT2D eigenvalue weighted by atomic mass is 9.91. The van der Waals surface area contributed by atoms with Crippen LogP contribution in [0.3, 0.4) is 0 Å². The second-order valence-corrected chi connectivity index (χ2v) is 12.3. The maximum absolute atomic E-state index is 4.96. The Kier molecular flexibility index (Phi) is 6.31. The molecule has 0 aliphatic heterocycles. The molecule has 8 nitrogen and oxygen atoms in total. The lowest BCUT2D eigenvalue weighted by Crippen LogP contribution is -2.10. The largest absolute Gasteiger partial charge is 0.358 e. The predicted octanol–water partition coefficient (Wildman–Crippen LogP) is 8.08. The van der Waals surface area contributed by atoms with Crippen molar-refractivity contribution in [2.24, 2.45) is 5.41 Å². The second-order valence-electron chi connectivity index (χ2n) is 11.2. The molecule has 0 saturated carbocycles. The molecule has 200 valence electrons. The van der Waals surface area contributed by atoms with Gasteiger partial charge in [-0.15, -0.1) is 11.3 Å². The van der Waals surface area contributed by atoms with Gasteiger partial charge in [0.25, 0.3) is 0 Å². The number of thiophene rings is 1. The molecule has 40 heavy (non-hydrogen) atoms. The fourth-order valence-electron chi connectivity index (χ4n) is 4.70. The van der Waals surface area contributed by atoms with Gasteiger partial charge in [-0.1, -0.05) is 33.9 Å². The Labute approximate surface area is 236 Å². The lowest BCUT2D eigenvalue weighted by Gasteiger charge is -2.20. The molecule has 0 fully saturated rings. The Morgan fingerprint density at radius 2 is 1.90 bits per heavy atom. The molecule has 0 unspecified atom stereocenters. The molecular formula is C31H30N8S. The van der Waals surface area contributed by atoms with Crippen molar-refractivity contribution < 1.29 is 0 Å². The van der Waals surface area contributed by atoms with Gasteiger partial charge >= 0.3 is 0 Å². The summed E-state index contributed by atoms with van der Waals surface area (Å²) in [6.07, 6.45) is 6.25. The number of H-pyrrole nitrogens is 2. The number of allylic oxidation sites excluding steroid dienone is 2. The van der Waals surface area contributed by atoms with Gasteiger partial charge in [-0.2, -0.15) is 5.10 Å². The molecule has 0 atom stereocenters. The lowest BCUT2D eigenvalue weighted by molar-refractivity contribution is 0.411. The van der Waals surface area contributed by atoms with Gasteiger partial charge in [0.15, 0.2) is 17.2 Å². The molecule has 9 heteroatoms. The van der Waals surface area contributed by atoms with Crippen molar-refractivity contribution in [1.82, 2.24) is 35.1 Å². The Morgan fingerprint density at radius 3 is 2.67 bits per heavy atom. The van der Waals surface area contributed by atoms with Crippen LogP contribution in [-0.2, 0) is 0 Å². The number of hydrogen-bond acceptors (Lipinski definition) is 7. The first-order valence-corrected chi connectivity index (χ1v) is 13.8. The first-order valence-electron chi connectivity index (χ1n) is 13.0. The van der Waals surface area contributed by atoms with E-state index in [0.29, 0.717) is 22.7 Å². The molecule has 6 heterocycles. The van der Waals surface area contributed by atoms with Crippen molar-refractivity contribution in [3.8, 4) is 33.2 Å². The highest BCUT2D eigenvalue weighted by Gasteiger charge is 2.18. The van der Waals surface area contributed by atoms with Crippen molar-refractivity contribution >= 4 is 44.8 Å². The van der Waals surface area contributed by atoms with E-state index in [2.05, 4.69) is 76.5 Å². The smallest absolute Gasteiger partial charge is 0.178 e. The average molecular weight is 547 g/mol. The standard InChI is InChI=1S/C31H30N8S/c1-17(2)24-9-10-25(40-24)21-11-12-33-29-26(21)36-30(37-29)28-27-23(38-39-28)8-7-22(35-27)19-13-20(16-32-15-19)34-18(3)14-31(4,5)6/h7-13,15-16,34H,1,3,14H2,2,4-6H3,(H,38,39)(H,33,36,37). The first kappa shape index (κ1) is 25.6. The van der Waals surface area contributed by atoms with E-state index in [1.165, 1.54) is 0 Å². The number of nitrogens with one attached hydrogen (secondary N) is 3. The summed E-state index contributed by atoms with van der Waals surface area (Å²) in [6, 6.07) is 12.2. The summed E-state index contributed by atoms with van der Waals surface area (Å²) < 4.78 is 0. The van der Waals surface area contributed by atoms with Gasteiger partial charge in [0, 0.05) is 39.0 Å². The summed E-state index contributed by atoms with van der Waals surface area (Å²) in [5.74, 6) is 0.606. The minimum atomic E-state index is 0.143. The molecule has 0 radical (unpaired) electrons. The molecule has 0 bridgehead atoms. The second kappa shape index (κ2) is 9.84. The number of hydrogen-bond donors (Lipinski definition) is 3. The van der Waals surface area contributed by atoms with Crippen molar-refractivity contribution in [1.29, 1.82) is 0 Å². The molecule has 0 amide bonds. The molecule has 0 aliphatic rings. The van der Waals surface area contributed by atoms with Crippen molar-refractivity contribution in [3.63, 3.8) is 0 Å². The summed E-state index contributed by atoms with van der Waals surface area (Å²) in [7, 11) is 0. The summed E-state index contributed by atoms with van der Waals surface area (Å²) in [5.41, 5.74) is 9.38. The SMILES string of the molecule is C=C(CC(C)(C)C)Nc1cncc(-c2ccc3[nH]nc(-c4nc5nccc(-c6ccc(C(=C)C)s6)c5[nH]4)c3n2)c1. The topological polar surface area (TPSA) is 108 Å². The number of imidazole rings is 1. The minimum absolute atomic E-state index is 0.143. The van der Waals surface area contributed by atoms with E-state index in [-0.39, 0.29) is 5.41 Å². The van der Waals surface area contributed by atoms with E-state index >= 15 is 0 Å². The van der Waals surface area contributed by atoms with Crippen molar-refractivity contribution in [3.05, 3.63) is 78.7 Å². The number of aromatic amines is 2. The molecule has 6 aromatic rings. The van der Waals surface area contributed by atoms with Gasteiger partial charge in [-0.3, -0.25) is 10.1 Å². The van der Waals surface area contributed by atoms with Crippen LogP contribution in [-0.4, -0.2) is 35.1 Å². The molecule has 0 saturated heterocycles. The van der Waals surface area contributed by atoms with Crippen molar-refractivity contribution in [2.45, 2.75) is 34.1 Å². The van der Waals surface area contributed by atoms with E-state index in [9.17, 15) is 0 Å². The van der Waals surface area contributed by atoms with Crippen LogP contribution < -0.4 is 5.32 Å². The first-order chi connectivity index (χ1) is 19.1. The number of aromatic nitrogens is 7. The Morgan fingerprint density at radius 1 is 1.05 bits per heavy atom. The van der Waals surface area contributed by atoms with Crippen LogP contribution in [0.2, 0.25) is 0 Å². The maximum atomic E-state index is 4.96. The Hall–Kier alpha value is -4.63. The summed E-state index contributed by atoms with van der Waals surface area (Å²) >= 11 is 1.70. The molecule has 0 spiro atoms. The summed E-state index contributed by atoms with van der Waals surface area (Å²) in [4.78, 5) is 24.4. The Bertz CT molecular complexity index is 1900. The molecule has 3 N–H and O–H groups in total. The van der Waals surface area contributed by atoms with Crippen LogP contribution in [0.4, 0.5) is 5.69 Å². The van der Waals surface area contributed by atoms with Gasteiger partial charge < -0.3 is 10.3 Å². The third-order valence-corrected chi connectivity index (χ3v) is 7.70. The highest BCUT2D eigenvalue weighted by molar-refractivity contribution is 7.16. The van der Waals surface area contributed by atoms with Crippen LogP contribution in [0.5, 0.6) is 0 Å². The predicted molar refractivity (Wildman–Crippen MR) is 165 cm³/mol. The van der Waals surface area contributed by atoms with E-state index in [0.717, 1.165) is 61.0 Å². The van der Waals surface area contributed by atoms with Crippen LogP contribution in [0.15, 0.2) is 73.8 Å². The maximum Gasteiger partial charge on any atom is 0.178 e. The molecular weight excluding hydrogens is 516 g/mol. The zero-order chi connectivity index (χ0) is 28.0. The quantitative estimate of drug-likeness (QED) is 0.187. The number of fused-ring (bicyclic) bond motifs is 2. The number of pyridine rings is 3. The fraction of sp³-hybridized carbons (Fsp3) is 0.194. The zero-order valence-electron chi connectivity index (χ0n) is 23.0. The molecule has 6 aromatic heterocycles. The van der Waals surface area contributed by atoms with Gasteiger partial charge in [0.2, 0.25) is 0 Å². The highest BCUT2D eigenvalue weighted by atomic mass is 32.1. The van der Waals surface area contributed by atoms with Crippen LogP contribution >= 0.6 is 11.3 Å². The Balaban J connectivity index is 1.36. The third-order valence-electron chi connectivity index (χ3n) is 6.42. The minimum Gasteiger partial charge on any atom is -0.358 e. The van der Waals surface area contributed by atoms with Crippen molar-refractivity contribution in [2.75, 3.05) is 5.32 Å². The third kappa shape index (κ3) is 5.03. The molecule has 0 aliphatic carbocycles. The van der Waals surface area contributed by atoms with E-state index in [1.807, 2.05) is 37.4 Å². The van der Waals surface area contributed by atoms with E-state index in [4.69, 9.17) is 9.97 Å². The van der Waals surface area contributed by atoms with Crippen LogP contribution in [0, 0.1) is 5.41 Å². The number of anilines is 1. The fourth-order valence-corrected chi connectivity index (χ4v) is 5.67. The van der Waals surface area contributed by atoms with Crippen LogP contribution in [0.25, 0.3) is 61.0 Å². The zero-order valence-corrected chi connectivity index (χ0v) is 23.8. The van der Waals surface area contributed by atoms with Gasteiger partial charge in [-0.25, -0.2) is 15.0 Å². The average Bonchev–Trinajstić information content (AvgIpc) is 3.65. The highest BCUT2D eigenvalue weighted by Crippen LogP contribution is 2.36. The number of rotatable bonds is 7. The normalized spacial score (nSPS) is 11.8. The molecule has 6 rings (SSSR count). The molecule has 0 aromatic carbocycles. The van der Waals surface area contributed by atoms with Gasteiger partial charge in [0.1, 0.15) is 5.52 Å². The number of nitrogens with zero attached hydrogens (tertiary/aromatic N) is 5. The summed E-state index contributed by atoms with van der Waals surface area (Å²) in [5, 5.41) is 11.0. The van der Waals surface area contributed by atoms with Crippen LogP contribution in [0.1, 0.15) is 39.0 Å². The summed E-state index contributed by atoms with van der Waals surface area (Å²) in [6.45, 7) is 16.8. The van der Waals surface area contributed by atoms with Gasteiger partial charge in [0.05, 0.1) is 28.6 Å².